The minimum Gasteiger partial charge on any atom is -0.490 e. The van der Waals surface area contributed by atoms with Crippen molar-refractivity contribution in [2.75, 3.05) is 13.1 Å². The fourth-order valence-electron chi connectivity index (χ4n) is 3.46. The lowest BCUT2D eigenvalue weighted by Crippen LogP contribution is -2.34. The lowest BCUT2D eigenvalue weighted by Gasteiger charge is -2.25. The number of alkyl halides is 3. The van der Waals surface area contributed by atoms with Crippen molar-refractivity contribution in [3.05, 3.63) is 54.9 Å². The van der Waals surface area contributed by atoms with Gasteiger partial charge in [-0.15, -0.1) is 13.2 Å². The minimum atomic E-state index is -4.71. The second-order valence-corrected chi connectivity index (χ2v) is 6.67. The molecule has 2 heterocycles. The van der Waals surface area contributed by atoms with Crippen molar-refractivity contribution < 1.29 is 22.6 Å². The molecular weight excluding hydrogens is 369 g/mol. The summed E-state index contributed by atoms with van der Waals surface area (Å²) in [6.45, 7) is 1.81. The van der Waals surface area contributed by atoms with E-state index in [0.29, 0.717) is 0 Å². The second-order valence-electron chi connectivity index (χ2n) is 6.67. The van der Waals surface area contributed by atoms with Gasteiger partial charge in [-0.05, 0) is 67.2 Å². The molecule has 4 rings (SSSR count). The van der Waals surface area contributed by atoms with Gasteiger partial charge in [0.1, 0.15) is 17.6 Å². The number of ether oxygens (including phenoxy) is 2. The van der Waals surface area contributed by atoms with Crippen LogP contribution in [0, 0.1) is 0 Å². The van der Waals surface area contributed by atoms with E-state index in [4.69, 9.17) is 4.74 Å². The summed E-state index contributed by atoms with van der Waals surface area (Å²) >= 11 is 0. The van der Waals surface area contributed by atoms with Gasteiger partial charge in [0, 0.05) is 23.3 Å². The monoisotopic (exact) mass is 388 g/mol. The average Bonchev–Trinajstić information content (AvgIpc) is 2.68. The molecule has 1 aliphatic rings. The van der Waals surface area contributed by atoms with Gasteiger partial charge in [0.25, 0.3) is 0 Å². The van der Waals surface area contributed by atoms with Gasteiger partial charge in [-0.1, -0.05) is 12.1 Å². The molecule has 0 radical (unpaired) electrons. The first-order chi connectivity index (χ1) is 13.5. The lowest BCUT2D eigenvalue weighted by molar-refractivity contribution is -0.274. The number of fused-ring (bicyclic) bond motifs is 1. The van der Waals surface area contributed by atoms with Crippen LogP contribution in [-0.4, -0.2) is 30.5 Å². The molecular formula is C21H19F3N2O2. The Morgan fingerprint density at radius 2 is 1.71 bits per heavy atom. The fourth-order valence-corrected chi connectivity index (χ4v) is 3.46. The topological polar surface area (TPSA) is 43.4 Å². The smallest absolute Gasteiger partial charge is 0.490 e. The van der Waals surface area contributed by atoms with E-state index in [9.17, 15) is 13.2 Å². The number of piperidine rings is 1. The summed E-state index contributed by atoms with van der Waals surface area (Å²) in [5.41, 5.74) is 1.60. The van der Waals surface area contributed by atoms with Crippen LogP contribution < -0.4 is 14.8 Å². The maximum absolute atomic E-state index is 12.4. The Kier molecular flexibility index (Phi) is 5.09. The molecule has 1 aromatic heterocycles. The van der Waals surface area contributed by atoms with Crippen LogP contribution in [0.25, 0.3) is 21.9 Å². The highest BCUT2D eigenvalue weighted by Gasteiger charge is 2.31. The van der Waals surface area contributed by atoms with Crippen LogP contribution in [-0.2, 0) is 0 Å². The summed E-state index contributed by atoms with van der Waals surface area (Å²) in [6.07, 6.45) is 0.663. The van der Waals surface area contributed by atoms with Crippen molar-refractivity contribution in [3.63, 3.8) is 0 Å². The van der Waals surface area contributed by atoms with Gasteiger partial charge in [0.2, 0.25) is 0 Å². The van der Waals surface area contributed by atoms with Crippen molar-refractivity contribution in [2.24, 2.45) is 0 Å². The number of pyridine rings is 1. The molecule has 146 valence electrons. The molecule has 0 saturated carbocycles. The van der Waals surface area contributed by atoms with Gasteiger partial charge in [-0.25, -0.2) is 0 Å². The van der Waals surface area contributed by atoms with Gasteiger partial charge in [0.05, 0.1) is 0 Å². The molecule has 0 unspecified atom stereocenters. The van der Waals surface area contributed by atoms with Crippen LogP contribution in [0.15, 0.2) is 54.9 Å². The molecule has 1 fully saturated rings. The van der Waals surface area contributed by atoms with Crippen molar-refractivity contribution >= 4 is 10.8 Å². The van der Waals surface area contributed by atoms with Crippen molar-refractivity contribution in [3.8, 4) is 22.6 Å². The first-order valence-electron chi connectivity index (χ1n) is 9.10. The number of benzene rings is 2. The zero-order valence-corrected chi connectivity index (χ0v) is 15.0. The van der Waals surface area contributed by atoms with E-state index < -0.39 is 6.36 Å². The highest BCUT2D eigenvalue weighted by molar-refractivity contribution is 5.99. The second kappa shape index (κ2) is 7.67. The number of aromatic nitrogens is 1. The predicted molar refractivity (Wildman–Crippen MR) is 100 cm³/mol. The van der Waals surface area contributed by atoms with E-state index in [1.54, 1.807) is 24.5 Å². The van der Waals surface area contributed by atoms with Crippen LogP contribution in [0.5, 0.6) is 11.5 Å². The van der Waals surface area contributed by atoms with Crippen LogP contribution in [0.3, 0.4) is 0 Å². The maximum Gasteiger partial charge on any atom is 0.573 e. The Morgan fingerprint density at radius 1 is 0.964 bits per heavy atom. The van der Waals surface area contributed by atoms with Gasteiger partial charge in [-0.3, -0.25) is 4.98 Å². The van der Waals surface area contributed by atoms with Crippen LogP contribution in [0.2, 0.25) is 0 Å². The van der Waals surface area contributed by atoms with Gasteiger partial charge < -0.3 is 14.8 Å². The Bertz CT molecular complexity index is 952. The molecule has 0 amide bonds. The Morgan fingerprint density at radius 3 is 2.43 bits per heavy atom. The number of nitrogens with zero attached hydrogens (tertiary/aromatic N) is 1. The van der Waals surface area contributed by atoms with Crippen molar-refractivity contribution in [1.82, 2.24) is 10.3 Å². The average molecular weight is 388 g/mol. The highest BCUT2D eigenvalue weighted by Crippen LogP contribution is 2.39. The zero-order valence-electron chi connectivity index (χ0n) is 15.0. The van der Waals surface area contributed by atoms with Crippen molar-refractivity contribution in [2.45, 2.75) is 25.3 Å². The highest BCUT2D eigenvalue weighted by atomic mass is 19.4. The van der Waals surface area contributed by atoms with E-state index in [0.717, 1.165) is 53.6 Å². The summed E-state index contributed by atoms with van der Waals surface area (Å²) in [5.74, 6) is 0.467. The third-order valence-corrected chi connectivity index (χ3v) is 4.74. The molecule has 28 heavy (non-hydrogen) atoms. The predicted octanol–water partition coefficient (Wildman–Crippen LogP) is 4.93. The summed E-state index contributed by atoms with van der Waals surface area (Å²) in [4.78, 5) is 4.15. The van der Waals surface area contributed by atoms with E-state index in [2.05, 4.69) is 15.0 Å². The standard InChI is InChI=1S/C21H19F3N2O2/c22-21(23,24)28-17-4-1-14(2-5-17)20-18-9-12-26-13-15(18)3-6-19(20)27-16-7-10-25-11-8-16/h1-6,9,12-13,16,25H,7-8,10-11H2. The first-order valence-corrected chi connectivity index (χ1v) is 9.10. The normalized spacial score (nSPS) is 15.5. The number of halogens is 3. The SMILES string of the molecule is FC(F)(F)Oc1ccc(-c2c(OC3CCNCC3)ccc3cnccc23)cc1. The first kappa shape index (κ1) is 18.6. The molecule has 1 saturated heterocycles. The maximum atomic E-state index is 12.4. The van der Waals surface area contributed by atoms with Gasteiger partial charge >= 0.3 is 6.36 Å². The Balaban J connectivity index is 1.74. The molecule has 0 bridgehead atoms. The molecule has 4 nitrogen and oxygen atoms in total. The summed E-state index contributed by atoms with van der Waals surface area (Å²) in [7, 11) is 0. The fraction of sp³-hybridized carbons (Fsp3) is 0.286. The van der Waals surface area contributed by atoms with E-state index >= 15 is 0 Å². The number of rotatable bonds is 4. The molecule has 1 N–H and O–H groups in total. The Labute approximate surface area is 160 Å². The number of nitrogens with one attached hydrogen (secondary N) is 1. The lowest BCUT2D eigenvalue weighted by atomic mass is 9.98. The summed E-state index contributed by atoms with van der Waals surface area (Å²) in [5, 5.41) is 5.18. The van der Waals surface area contributed by atoms with Crippen LogP contribution in [0.1, 0.15) is 12.8 Å². The summed E-state index contributed by atoms with van der Waals surface area (Å²) < 4.78 is 47.6. The molecule has 2 aromatic carbocycles. The van der Waals surface area contributed by atoms with Gasteiger partial charge in [0.15, 0.2) is 0 Å². The molecule has 0 atom stereocenters. The largest absolute Gasteiger partial charge is 0.573 e. The molecule has 0 aliphatic carbocycles. The third kappa shape index (κ3) is 4.20. The third-order valence-electron chi connectivity index (χ3n) is 4.74. The van der Waals surface area contributed by atoms with E-state index in [-0.39, 0.29) is 11.9 Å². The van der Waals surface area contributed by atoms with Crippen molar-refractivity contribution in [1.29, 1.82) is 0 Å². The molecule has 1 aliphatic heterocycles. The minimum absolute atomic E-state index is 0.104. The molecule has 0 spiro atoms. The quantitative estimate of drug-likeness (QED) is 0.688. The molecule has 7 heteroatoms. The Hall–Kier alpha value is -2.80. The number of hydrogen-bond acceptors (Lipinski definition) is 4. The zero-order chi connectivity index (χ0) is 19.6. The van der Waals surface area contributed by atoms with Gasteiger partial charge in [-0.2, -0.15) is 0 Å². The van der Waals surface area contributed by atoms with E-state index in [1.165, 1.54) is 12.1 Å². The summed E-state index contributed by atoms with van der Waals surface area (Å²) in [6, 6.07) is 11.6. The van der Waals surface area contributed by atoms with Crippen LogP contribution >= 0.6 is 0 Å². The van der Waals surface area contributed by atoms with E-state index in [1.807, 2.05) is 18.2 Å². The number of hydrogen-bond donors (Lipinski definition) is 1. The van der Waals surface area contributed by atoms with Crippen LogP contribution in [0.4, 0.5) is 13.2 Å². The molecule has 3 aromatic rings.